The van der Waals surface area contributed by atoms with Gasteiger partial charge in [-0.3, -0.25) is 0 Å². The van der Waals surface area contributed by atoms with Crippen molar-refractivity contribution in [1.82, 2.24) is 0 Å². The number of carboxylic acids is 1. The third kappa shape index (κ3) is 2.71. The van der Waals surface area contributed by atoms with Gasteiger partial charge in [0.25, 0.3) is 0 Å². The van der Waals surface area contributed by atoms with Crippen molar-refractivity contribution in [3.8, 4) is 0 Å². The number of carboxylic acid groups (broad SMARTS) is 1. The SMILES string of the molecule is CC(C)CCC1=C(C2=CCCCC2)N=C1C(=O)O. The lowest BCUT2D eigenvalue weighted by molar-refractivity contribution is -0.129. The van der Waals surface area contributed by atoms with Crippen LogP contribution in [-0.4, -0.2) is 16.8 Å². The molecule has 0 atom stereocenters. The second-order valence-corrected chi connectivity index (χ2v) is 5.50. The number of rotatable bonds is 5. The normalized spacial score (nSPS) is 19.5. The molecule has 2 rings (SSSR count). The third-order valence-corrected chi connectivity index (χ3v) is 3.56. The summed E-state index contributed by atoms with van der Waals surface area (Å²) in [7, 11) is 0. The third-order valence-electron chi connectivity index (χ3n) is 3.56. The van der Waals surface area contributed by atoms with Crippen LogP contribution in [0.4, 0.5) is 0 Å². The number of carbonyl (C=O) groups is 1. The molecule has 3 heteroatoms. The maximum Gasteiger partial charge on any atom is 0.354 e. The molecule has 0 fully saturated rings. The molecular formula is C15H21NO2. The molecule has 0 bridgehead atoms. The summed E-state index contributed by atoms with van der Waals surface area (Å²) < 4.78 is 0. The molecule has 18 heavy (non-hydrogen) atoms. The molecule has 3 nitrogen and oxygen atoms in total. The van der Waals surface area contributed by atoms with Crippen molar-refractivity contribution in [2.45, 2.75) is 52.4 Å². The highest BCUT2D eigenvalue weighted by molar-refractivity contribution is 6.45. The van der Waals surface area contributed by atoms with E-state index in [-0.39, 0.29) is 5.71 Å². The van der Waals surface area contributed by atoms with Gasteiger partial charge in [0.2, 0.25) is 0 Å². The van der Waals surface area contributed by atoms with Crippen molar-refractivity contribution in [2.75, 3.05) is 0 Å². The zero-order chi connectivity index (χ0) is 13.1. The van der Waals surface area contributed by atoms with Crippen LogP contribution in [0.2, 0.25) is 0 Å². The Balaban J connectivity index is 2.14. The Hall–Kier alpha value is -1.38. The van der Waals surface area contributed by atoms with Crippen LogP contribution in [-0.2, 0) is 4.79 Å². The van der Waals surface area contributed by atoms with E-state index in [0.717, 1.165) is 37.0 Å². The molecular weight excluding hydrogens is 226 g/mol. The van der Waals surface area contributed by atoms with Crippen molar-refractivity contribution < 1.29 is 9.90 Å². The van der Waals surface area contributed by atoms with E-state index >= 15 is 0 Å². The minimum atomic E-state index is -0.881. The summed E-state index contributed by atoms with van der Waals surface area (Å²) in [4.78, 5) is 15.3. The largest absolute Gasteiger partial charge is 0.477 e. The number of allylic oxidation sites excluding steroid dienone is 2. The minimum absolute atomic E-state index is 0.289. The van der Waals surface area contributed by atoms with Gasteiger partial charge in [0, 0.05) is 5.57 Å². The summed E-state index contributed by atoms with van der Waals surface area (Å²) >= 11 is 0. The molecule has 0 amide bonds. The topological polar surface area (TPSA) is 49.7 Å². The summed E-state index contributed by atoms with van der Waals surface area (Å²) in [5.41, 5.74) is 3.51. The molecule has 0 unspecified atom stereocenters. The second kappa shape index (κ2) is 5.51. The summed E-state index contributed by atoms with van der Waals surface area (Å²) in [6.45, 7) is 4.33. The van der Waals surface area contributed by atoms with Crippen molar-refractivity contribution in [2.24, 2.45) is 10.9 Å². The van der Waals surface area contributed by atoms with Crippen LogP contribution >= 0.6 is 0 Å². The first-order chi connectivity index (χ1) is 8.59. The first kappa shape index (κ1) is 13.1. The predicted octanol–water partition coefficient (Wildman–Crippen LogP) is 3.72. The highest BCUT2D eigenvalue weighted by Gasteiger charge is 2.29. The summed E-state index contributed by atoms with van der Waals surface area (Å²) in [5, 5.41) is 9.10. The van der Waals surface area contributed by atoms with E-state index in [0.29, 0.717) is 5.92 Å². The van der Waals surface area contributed by atoms with E-state index < -0.39 is 5.97 Å². The molecule has 0 aromatic heterocycles. The Morgan fingerprint density at radius 2 is 2.22 bits per heavy atom. The molecule has 1 aliphatic carbocycles. The molecule has 0 aromatic carbocycles. The molecule has 0 spiro atoms. The number of aliphatic carboxylic acids is 1. The fourth-order valence-electron chi connectivity index (χ4n) is 2.47. The van der Waals surface area contributed by atoms with Crippen LogP contribution in [0.1, 0.15) is 52.4 Å². The van der Waals surface area contributed by atoms with Crippen LogP contribution < -0.4 is 0 Å². The highest BCUT2D eigenvalue weighted by Crippen LogP contribution is 2.35. The van der Waals surface area contributed by atoms with Gasteiger partial charge in [-0.15, -0.1) is 0 Å². The van der Waals surface area contributed by atoms with Crippen molar-refractivity contribution in [3.63, 3.8) is 0 Å². The van der Waals surface area contributed by atoms with E-state index in [2.05, 4.69) is 24.9 Å². The maximum absolute atomic E-state index is 11.1. The van der Waals surface area contributed by atoms with E-state index in [4.69, 9.17) is 5.11 Å². The van der Waals surface area contributed by atoms with Gasteiger partial charge in [-0.1, -0.05) is 19.9 Å². The molecule has 0 radical (unpaired) electrons. The molecule has 1 aliphatic heterocycles. The van der Waals surface area contributed by atoms with Gasteiger partial charge in [0.1, 0.15) is 0 Å². The van der Waals surface area contributed by atoms with Gasteiger partial charge >= 0.3 is 5.97 Å². The Morgan fingerprint density at radius 1 is 1.44 bits per heavy atom. The van der Waals surface area contributed by atoms with Crippen LogP contribution in [0.25, 0.3) is 0 Å². The summed E-state index contributed by atoms with van der Waals surface area (Å²) in [5.74, 6) is -0.288. The zero-order valence-electron chi connectivity index (χ0n) is 11.2. The van der Waals surface area contributed by atoms with Gasteiger partial charge in [-0.2, -0.15) is 0 Å². The van der Waals surface area contributed by atoms with E-state index in [1.807, 2.05) is 0 Å². The number of hydrogen-bond acceptors (Lipinski definition) is 2. The van der Waals surface area contributed by atoms with E-state index in [1.165, 1.54) is 18.4 Å². The monoisotopic (exact) mass is 247 g/mol. The van der Waals surface area contributed by atoms with Gasteiger partial charge in [0.15, 0.2) is 5.71 Å². The van der Waals surface area contributed by atoms with Crippen LogP contribution in [0, 0.1) is 5.92 Å². The standard InChI is InChI=1S/C15H21NO2/c1-10(2)8-9-12-13(16-14(12)15(17)18)11-6-4-3-5-7-11/h6,10H,3-5,7-9H2,1-2H3,(H,17,18). The maximum atomic E-state index is 11.1. The smallest absolute Gasteiger partial charge is 0.354 e. The lowest BCUT2D eigenvalue weighted by Gasteiger charge is -2.24. The van der Waals surface area contributed by atoms with E-state index in [9.17, 15) is 4.79 Å². The molecule has 0 aromatic rings. The van der Waals surface area contributed by atoms with Crippen molar-refractivity contribution in [3.05, 3.63) is 22.9 Å². The average molecular weight is 247 g/mol. The quantitative estimate of drug-likeness (QED) is 0.805. The average Bonchev–Trinajstić information content (AvgIpc) is 2.28. The Labute approximate surface area is 108 Å². The zero-order valence-corrected chi connectivity index (χ0v) is 11.2. The van der Waals surface area contributed by atoms with Gasteiger partial charge < -0.3 is 5.11 Å². The first-order valence-electron chi connectivity index (χ1n) is 6.84. The van der Waals surface area contributed by atoms with Crippen molar-refractivity contribution >= 4 is 11.7 Å². The minimum Gasteiger partial charge on any atom is -0.477 e. The Morgan fingerprint density at radius 3 is 2.78 bits per heavy atom. The Kier molecular flexibility index (Phi) is 4.00. The highest BCUT2D eigenvalue weighted by atomic mass is 16.4. The molecule has 0 saturated heterocycles. The van der Waals surface area contributed by atoms with Crippen LogP contribution in [0.3, 0.4) is 0 Å². The van der Waals surface area contributed by atoms with Gasteiger partial charge in [-0.05, 0) is 50.0 Å². The number of aliphatic imine (C=N–C) groups is 1. The molecule has 0 saturated carbocycles. The lowest BCUT2D eigenvalue weighted by Crippen LogP contribution is -2.25. The van der Waals surface area contributed by atoms with Gasteiger partial charge in [0.05, 0.1) is 5.70 Å². The summed E-state index contributed by atoms with van der Waals surface area (Å²) in [6.07, 6.45) is 8.70. The van der Waals surface area contributed by atoms with Crippen LogP contribution in [0.15, 0.2) is 27.9 Å². The predicted molar refractivity (Wildman–Crippen MR) is 72.7 cm³/mol. The van der Waals surface area contributed by atoms with E-state index in [1.54, 1.807) is 0 Å². The molecule has 2 aliphatic rings. The lowest BCUT2D eigenvalue weighted by atomic mass is 9.87. The summed E-state index contributed by atoms with van der Waals surface area (Å²) in [6, 6.07) is 0. The van der Waals surface area contributed by atoms with Gasteiger partial charge in [-0.25, -0.2) is 9.79 Å². The van der Waals surface area contributed by atoms with Crippen molar-refractivity contribution in [1.29, 1.82) is 0 Å². The fourth-order valence-corrected chi connectivity index (χ4v) is 2.47. The number of nitrogens with zero attached hydrogens (tertiary/aromatic N) is 1. The molecule has 98 valence electrons. The molecule has 1 heterocycles. The number of hydrogen-bond donors (Lipinski definition) is 1. The second-order valence-electron chi connectivity index (χ2n) is 5.50. The fraction of sp³-hybridized carbons (Fsp3) is 0.600. The Bertz CT molecular complexity index is 441. The molecule has 1 N–H and O–H groups in total. The first-order valence-corrected chi connectivity index (χ1v) is 6.84. The van der Waals surface area contributed by atoms with Crippen LogP contribution in [0.5, 0.6) is 0 Å².